The predicted molar refractivity (Wildman–Crippen MR) is 35.2 cm³/mol. The minimum atomic E-state index is -0.369. The van der Waals surface area contributed by atoms with Crippen LogP contribution in [-0.4, -0.2) is 23.1 Å². The summed E-state index contributed by atoms with van der Waals surface area (Å²) in [5.41, 5.74) is 0. The fourth-order valence-corrected chi connectivity index (χ4v) is 0.658. The first kappa shape index (κ1) is 6.95. The molecule has 1 unspecified atom stereocenters. The fraction of sp³-hybridized carbons (Fsp3) is 0.333. The van der Waals surface area contributed by atoms with Gasteiger partial charge in [-0.05, 0) is 7.05 Å². The molecule has 1 atom stereocenters. The summed E-state index contributed by atoms with van der Waals surface area (Å²) in [5.74, 6) is 0. The van der Waals surface area contributed by atoms with Crippen molar-refractivity contribution in [1.82, 2.24) is 15.1 Å². The van der Waals surface area contributed by atoms with Gasteiger partial charge >= 0.3 is 0 Å². The molecular weight excluding hydrogens is 130 g/mol. The number of aromatic nitrogens is 2. The van der Waals surface area contributed by atoms with Crippen LogP contribution >= 0.6 is 0 Å². The first-order valence-electron chi connectivity index (χ1n) is 2.91. The molecule has 1 heterocycles. The van der Waals surface area contributed by atoms with Crippen molar-refractivity contribution in [3.05, 3.63) is 18.5 Å². The quantitative estimate of drug-likeness (QED) is 0.578. The molecule has 1 aromatic heterocycles. The number of carbonyl (C=O) groups is 1. The molecule has 0 fully saturated rings. The number of aldehydes is 1. The van der Waals surface area contributed by atoms with Gasteiger partial charge in [-0.3, -0.25) is 10.1 Å². The third-order valence-corrected chi connectivity index (χ3v) is 1.18. The van der Waals surface area contributed by atoms with Crippen LogP contribution in [0.3, 0.4) is 0 Å². The molecule has 10 heavy (non-hydrogen) atoms. The molecule has 0 saturated heterocycles. The third-order valence-electron chi connectivity index (χ3n) is 1.18. The first-order chi connectivity index (χ1) is 4.88. The van der Waals surface area contributed by atoms with Crippen LogP contribution in [0.2, 0.25) is 0 Å². The smallest absolute Gasteiger partial charge is 0.159 e. The second kappa shape index (κ2) is 3.12. The van der Waals surface area contributed by atoms with Crippen LogP contribution in [0.5, 0.6) is 0 Å². The van der Waals surface area contributed by atoms with Crippen molar-refractivity contribution in [2.75, 3.05) is 7.05 Å². The van der Waals surface area contributed by atoms with E-state index in [9.17, 15) is 4.79 Å². The van der Waals surface area contributed by atoms with Crippen LogP contribution in [0.4, 0.5) is 0 Å². The Morgan fingerprint density at radius 1 is 1.90 bits per heavy atom. The molecule has 0 saturated carbocycles. The average molecular weight is 138 g/mol. The molecule has 1 aromatic rings. The zero-order valence-electron chi connectivity index (χ0n) is 5.61. The zero-order valence-corrected chi connectivity index (χ0v) is 5.61. The van der Waals surface area contributed by atoms with E-state index in [2.05, 4.69) is 16.5 Å². The Balaban J connectivity index is 2.73. The first-order valence-corrected chi connectivity index (χ1v) is 2.91. The van der Waals surface area contributed by atoms with Gasteiger partial charge in [0.15, 0.2) is 12.5 Å². The van der Waals surface area contributed by atoms with Crippen LogP contribution in [0.15, 0.2) is 12.4 Å². The summed E-state index contributed by atoms with van der Waals surface area (Å²) in [5, 5.41) is 6.59. The highest BCUT2D eigenvalue weighted by Gasteiger charge is 2.03. The van der Waals surface area contributed by atoms with Gasteiger partial charge in [-0.2, -0.15) is 5.10 Å². The van der Waals surface area contributed by atoms with Gasteiger partial charge in [-0.15, -0.1) is 0 Å². The van der Waals surface area contributed by atoms with E-state index in [1.165, 1.54) is 10.9 Å². The molecule has 1 radical (unpaired) electrons. The van der Waals surface area contributed by atoms with Crippen LogP contribution in [0.1, 0.15) is 6.17 Å². The summed E-state index contributed by atoms with van der Waals surface area (Å²) in [4.78, 5) is 10.3. The Labute approximate surface area is 58.8 Å². The molecular formula is C6H8N3O. The summed E-state index contributed by atoms with van der Waals surface area (Å²) < 4.78 is 1.49. The van der Waals surface area contributed by atoms with E-state index >= 15 is 0 Å². The number of carbonyl (C=O) groups excluding carboxylic acids is 1. The van der Waals surface area contributed by atoms with E-state index in [4.69, 9.17) is 0 Å². The minimum absolute atomic E-state index is 0.369. The average Bonchev–Trinajstić information content (AvgIpc) is 2.43. The highest BCUT2D eigenvalue weighted by atomic mass is 16.1. The minimum Gasteiger partial charge on any atom is -0.299 e. The van der Waals surface area contributed by atoms with E-state index in [0.29, 0.717) is 0 Å². The molecule has 0 spiro atoms. The molecule has 4 heteroatoms. The number of hydrogen-bond acceptors (Lipinski definition) is 3. The van der Waals surface area contributed by atoms with Gasteiger partial charge in [-0.25, -0.2) is 4.68 Å². The Morgan fingerprint density at radius 2 is 2.70 bits per heavy atom. The summed E-state index contributed by atoms with van der Waals surface area (Å²) in [6.07, 6.45) is 3.52. The lowest BCUT2D eigenvalue weighted by Gasteiger charge is -2.07. The zero-order chi connectivity index (χ0) is 7.40. The number of hydrogen-bond donors (Lipinski definition) is 1. The summed E-state index contributed by atoms with van der Waals surface area (Å²) in [6.45, 7) is 0. The largest absolute Gasteiger partial charge is 0.299 e. The monoisotopic (exact) mass is 138 g/mol. The molecule has 0 aromatic carbocycles. The molecule has 0 aliphatic carbocycles. The Kier molecular flexibility index (Phi) is 2.17. The Hall–Kier alpha value is -1.16. The van der Waals surface area contributed by atoms with E-state index in [1.807, 2.05) is 0 Å². The Morgan fingerprint density at radius 3 is 3.10 bits per heavy atom. The van der Waals surface area contributed by atoms with E-state index in [-0.39, 0.29) is 6.17 Å². The van der Waals surface area contributed by atoms with Gasteiger partial charge in [0.1, 0.15) is 0 Å². The predicted octanol–water partition coefficient (Wildman–Crippen LogP) is -0.400. The van der Waals surface area contributed by atoms with E-state index in [1.54, 1.807) is 13.2 Å². The molecule has 1 rings (SSSR count). The van der Waals surface area contributed by atoms with Gasteiger partial charge in [-0.1, -0.05) is 0 Å². The number of rotatable bonds is 3. The normalized spacial score (nSPS) is 12.9. The van der Waals surface area contributed by atoms with Crippen LogP contribution in [-0.2, 0) is 4.79 Å². The lowest BCUT2D eigenvalue weighted by Crippen LogP contribution is -2.24. The van der Waals surface area contributed by atoms with Crippen molar-refractivity contribution in [3.8, 4) is 0 Å². The van der Waals surface area contributed by atoms with Gasteiger partial charge in [0.25, 0.3) is 0 Å². The van der Waals surface area contributed by atoms with E-state index in [0.717, 1.165) is 6.29 Å². The highest BCUT2D eigenvalue weighted by Crippen LogP contribution is 1.92. The van der Waals surface area contributed by atoms with Gasteiger partial charge in [0.2, 0.25) is 0 Å². The molecule has 1 N–H and O–H groups in total. The van der Waals surface area contributed by atoms with Gasteiger partial charge in [0.05, 0.1) is 6.20 Å². The van der Waals surface area contributed by atoms with Crippen molar-refractivity contribution < 1.29 is 4.79 Å². The van der Waals surface area contributed by atoms with Crippen molar-refractivity contribution in [3.63, 3.8) is 0 Å². The lowest BCUT2D eigenvalue weighted by atomic mass is 10.5. The van der Waals surface area contributed by atoms with Gasteiger partial charge < -0.3 is 0 Å². The van der Waals surface area contributed by atoms with Crippen molar-refractivity contribution >= 4 is 6.29 Å². The van der Waals surface area contributed by atoms with Gasteiger partial charge in [0, 0.05) is 12.3 Å². The fourth-order valence-electron chi connectivity index (χ4n) is 0.658. The number of nitrogens with zero attached hydrogens (tertiary/aromatic N) is 2. The highest BCUT2D eigenvalue weighted by molar-refractivity contribution is 5.54. The Bertz CT molecular complexity index is 195. The van der Waals surface area contributed by atoms with E-state index < -0.39 is 0 Å². The lowest BCUT2D eigenvalue weighted by molar-refractivity contribution is -0.111. The summed E-state index contributed by atoms with van der Waals surface area (Å²) in [7, 11) is 1.70. The van der Waals surface area contributed by atoms with Crippen molar-refractivity contribution in [2.24, 2.45) is 0 Å². The molecule has 0 aliphatic heterocycles. The number of likely N-dealkylation sites (N-methyl/N-ethyl adjacent to an activating group) is 1. The SMILES string of the molecule is CNC(C=O)n1c[c]cn1. The molecule has 4 nitrogen and oxygen atoms in total. The standard InChI is InChI=1S/C6H8N3O/c1-7-6(5-10)9-4-2-3-8-9/h3-7H,1H3. The third kappa shape index (κ3) is 1.22. The molecule has 0 amide bonds. The maximum Gasteiger partial charge on any atom is 0.159 e. The maximum absolute atomic E-state index is 10.3. The summed E-state index contributed by atoms with van der Waals surface area (Å²) >= 11 is 0. The number of nitrogens with one attached hydrogen (secondary N) is 1. The van der Waals surface area contributed by atoms with Crippen molar-refractivity contribution in [1.29, 1.82) is 0 Å². The van der Waals surface area contributed by atoms with Crippen molar-refractivity contribution in [2.45, 2.75) is 6.17 Å². The molecule has 0 bridgehead atoms. The second-order valence-electron chi connectivity index (χ2n) is 1.79. The van der Waals surface area contributed by atoms with Crippen LogP contribution in [0, 0.1) is 6.07 Å². The molecule has 53 valence electrons. The van der Waals surface area contributed by atoms with Crippen LogP contribution < -0.4 is 5.32 Å². The topological polar surface area (TPSA) is 46.9 Å². The molecule has 0 aliphatic rings. The maximum atomic E-state index is 10.3. The van der Waals surface area contributed by atoms with Crippen LogP contribution in [0.25, 0.3) is 0 Å². The second-order valence-corrected chi connectivity index (χ2v) is 1.79. The summed E-state index contributed by atoms with van der Waals surface area (Å²) in [6, 6.07) is 2.73.